The standard InChI is InChI=1S/C24H27N3O3/c1-2-25-23(29)20-9-6-10-21(17-20)26-24(30)19-13-15-27(16-14-19)22(28)12-11-18-7-4-3-5-8-18/h3-12,17,19H,2,13-16H2,1H3,(H,25,29)(H,26,30). The number of benzene rings is 2. The fourth-order valence-electron chi connectivity index (χ4n) is 3.44. The van der Waals surface area contributed by atoms with Crippen LogP contribution in [-0.4, -0.2) is 42.3 Å². The number of carbonyl (C=O) groups excluding carboxylic acids is 3. The maximum atomic E-state index is 12.6. The summed E-state index contributed by atoms with van der Waals surface area (Å²) < 4.78 is 0. The first-order valence-electron chi connectivity index (χ1n) is 10.3. The van der Waals surface area contributed by atoms with Gasteiger partial charge in [-0.25, -0.2) is 0 Å². The highest BCUT2D eigenvalue weighted by Gasteiger charge is 2.26. The Morgan fingerprint density at radius 1 is 1.03 bits per heavy atom. The van der Waals surface area contributed by atoms with Gasteiger partial charge in [0.25, 0.3) is 5.91 Å². The lowest BCUT2D eigenvalue weighted by Crippen LogP contribution is -2.40. The van der Waals surface area contributed by atoms with Crippen LogP contribution in [0, 0.1) is 5.92 Å². The van der Waals surface area contributed by atoms with Gasteiger partial charge in [-0.3, -0.25) is 14.4 Å². The molecular formula is C24H27N3O3. The van der Waals surface area contributed by atoms with Crippen molar-refractivity contribution in [2.75, 3.05) is 25.0 Å². The minimum atomic E-state index is -0.163. The molecule has 6 nitrogen and oxygen atoms in total. The van der Waals surface area contributed by atoms with Crippen molar-refractivity contribution in [1.82, 2.24) is 10.2 Å². The molecule has 156 valence electrons. The first-order chi connectivity index (χ1) is 14.6. The summed E-state index contributed by atoms with van der Waals surface area (Å²) in [4.78, 5) is 38.8. The van der Waals surface area contributed by atoms with E-state index in [1.54, 1.807) is 35.2 Å². The van der Waals surface area contributed by atoms with Crippen LogP contribution in [0.15, 0.2) is 60.7 Å². The molecule has 1 aliphatic rings. The van der Waals surface area contributed by atoms with Crippen molar-refractivity contribution in [3.8, 4) is 0 Å². The van der Waals surface area contributed by atoms with E-state index in [2.05, 4.69) is 10.6 Å². The van der Waals surface area contributed by atoms with E-state index in [9.17, 15) is 14.4 Å². The lowest BCUT2D eigenvalue weighted by atomic mass is 9.95. The summed E-state index contributed by atoms with van der Waals surface area (Å²) in [6, 6.07) is 16.6. The molecule has 0 radical (unpaired) electrons. The minimum absolute atomic E-state index is 0.0349. The smallest absolute Gasteiger partial charge is 0.251 e. The van der Waals surface area contributed by atoms with Crippen LogP contribution in [0.3, 0.4) is 0 Å². The maximum Gasteiger partial charge on any atom is 0.251 e. The quantitative estimate of drug-likeness (QED) is 0.724. The first-order valence-corrected chi connectivity index (χ1v) is 10.3. The highest BCUT2D eigenvalue weighted by atomic mass is 16.2. The SMILES string of the molecule is CCNC(=O)c1cccc(NC(=O)C2CCN(C(=O)C=Cc3ccccc3)CC2)c1. The molecule has 1 saturated heterocycles. The van der Waals surface area contributed by atoms with Gasteiger partial charge in [0, 0.05) is 42.9 Å². The molecule has 0 saturated carbocycles. The molecule has 1 fully saturated rings. The fourth-order valence-corrected chi connectivity index (χ4v) is 3.44. The summed E-state index contributed by atoms with van der Waals surface area (Å²) in [5.41, 5.74) is 2.10. The third kappa shape index (κ3) is 5.80. The van der Waals surface area contributed by atoms with Crippen LogP contribution >= 0.6 is 0 Å². The molecule has 0 aliphatic carbocycles. The molecule has 0 bridgehead atoms. The van der Waals surface area contributed by atoms with Gasteiger partial charge in [-0.1, -0.05) is 36.4 Å². The van der Waals surface area contributed by atoms with Crippen LogP contribution in [0.4, 0.5) is 5.69 Å². The van der Waals surface area contributed by atoms with Crippen LogP contribution in [0.2, 0.25) is 0 Å². The van der Waals surface area contributed by atoms with Gasteiger partial charge in [-0.15, -0.1) is 0 Å². The second kappa shape index (κ2) is 10.4. The Kier molecular flexibility index (Phi) is 7.38. The van der Waals surface area contributed by atoms with Crippen molar-refractivity contribution in [2.45, 2.75) is 19.8 Å². The largest absolute Gasteiger partial charge is 0.352 e. The average Bonchev–Trinajstić information content (AvgIpc) is 2.78. The van der Waals surface area contributed by atoms with Crippen LogP contribution in [-0.2, 0) is 9.59 Å². The second-order valence-corrected chi connectivity index (χ2v) is 7.27. The Balaban J connectivity index is 1.50. The molecule has 0 atom stereocenters. The van der Waals surface area contributed by atoms with Gasteiger partial charge in [0.2, 0.25) is 11.8 Å². The van der Waals surface area contributed by atoms with Crippen LogP contribution in [0.1, 0.15) is 35.7 Å². The molecule has 3 rings (SSSR count). The Morgan fingerprint density at radius 2 is 1.77 bits per heavy atom. The van der Waals surface area contributed by atoms with E-state index in [0.717, 1.165) is 5.56 Å². The first kappa shape index (κ1) is 21.3. The van der Waals surface area contributed by atoms with E-state index in [4.69, 9.17) is 0 Å². The van der Waals surface area contributed by atoms with Crippen LogP contribution in [0.5, 0.6) is 0 Å². The number of rotatable bonds is 6. The highest BCUT2D eigenvalue weighted by molar-refractivity contribution is 5.98. The summed E-state index contributed by atoms with van der Waals surface area (Å²) >= 11 is 0. The van der Waals surface area contributed by atoms with Crippen molar-refractivity contribution in [3.63, 3.8) is 0 Å². The molecule has 3 amide bonds. The summed E-state index contributed by atoms with van der Waals surface area (Å²) in [6.45, 7) is 3.51. The number of likely N-dealkylation sites (tertiary alicyclic amines) is 1. The monoisotopic (exact) mass is 405 g/mol. The van der Waals surface area contributed by atoms with Gasteiger partial charge in [-0.2, -0.15) is 0 Å². The van der Waals surface area contributed by atoms with Gasteiger partial charge < -0.3 is 15.5 Å². The van der Waals surface area contributed by atoms with E-state index in [1.165, 1.54) is 0 Å². The molecule has 6 heteroatoms. The number of piperidine rings is 1. The van der Waals surface area contributed by atoms with Crippen molar-refractivity contribution in [2.24, 2.45) is 5.92 Å². The predicted molar refractivity (Wildman–Crippen MR) is 118 cm³/mol. The molecule has 1 heterocycles. The summed E-state index contributed by atoms with van der Waals surface area (Å²) in [5.74, 6) is -0.424. The number of nitrogens with zero attached hydrogens (tertiary/aromatic N) is 1. The molecule has 30 heavy (non-hydrogen) atoms. The number of nitrogens with one attached hydrogen (secondary N) is 2. The molecule has 0 aromatic heterocycles. The molecule has 2 aromatic rings. The lowest BCUT2D eigenvalue weighted by Gasteiger charge is -2.30. The number of anilines is 1. The van der Waals surface area contributed by atoms with Crippen LogP contribution in [0.25, 0.3) is 6.08 Å². The molecule has 0 spiro atoms. The van der Waals surface area contributed by atoms with Crippen molar-refractivity contribution >= 4 is 29.5 Å². The maximum absolute atomic E-state index is 12.6. The molecular weight excluding hydrogens is 378 g/mol. The normalized spacial score (nSPS) is 14.5. The number of hydrogen-bond acceptors (Lipinski definition) is 3. The third-order valence-corrected chi connectivity index (χ3v) is 5.12. The van der Waals surface area contributed by atoms with Crippen molar-refractivity contribution < 1.29 is 14.4 Å². The van der Waals surface area contributed by atoms with Gasteiger partial charge in [-0.05, 0) is 49.6 Å². The number of amides is 3. The summed E-state index contributed by atoms with van der Waals surface area (Å²) in [7, 11) is 0. The van der Waals surface area contributed by atoms with Gasteiger partial charge in [0.05, 0.1) is 0 Å². The van der Waals surface area contributed by atoms with Crippen molar-refractivity contribution in [1.29, 1.82) is 0 Å². The van der Waals surface area contributed by atoms with E-state index in [-0.39, 0.29) is 23.6 Å². The third-order valence-electron chi connectivity index (χ3n) is 5.12. The van der Waals surface area contributed by atoms with E-state index >= 15 is 0 Å². The Morgan fingerprint density at radius 3 is 2.47 bits per heavy atom. The number of hydrogen-bond donors (Lipinski definition) is 2. The second-order valence-electron chi connectivity index (χ2n) is 7.27. The zero-order valence-electron chi connectivity index (χ0n) is 17.1. The van der Waals surface area contributed by atoms with Gasteiger partial charge >= 0.3 is 0 Å². The molecule has 0 unspecified atom stereocenters. The fraction of sp³-hybridized carbons (Fsp3) is 0.292. The molecule has 2 N–H and O–H groups in total. The van der Waals surface area contributed by atoms with E-state index in [0.29, 0.717) is 43.7 Å². The van der Waals surface area contributed by atoms with Crippen molar-refractivity contribution in [3.05, 3.63) is 71.8 Å². The lowest BCUT2D eigenvalue weighted by molar-refractivity contribution is -0.130. The Labute approximate surface area is 177 Å². The summed E-state index contributed by atoms with van der Waals surface area (Å²) in [6.07, 6.45) is 4.63. The molecule has 1 aliphatic heterocycles. The van der Waals surface area contributed by atoms with Crippen LogP contribution < -0.4 is 10.6 Å². The molecule has 2 aromatic carbocycles. The summed E-state index contributed by atoms with van der Waals surface area (Å²) in [5, 5.41) is 5.65. The minimum Gasteiger partial charge on any atom is -0.352 e. The van der Waals surface area contributed by atoms with Gasteiger partial charge in [0.1, 0.15) is 0 Å². The zero-order valence-corrected chi connectivity index (χ0v) is 17.1. The Bertz CT molecular complexity index is 916. The average molecular weight is 405 g/mol. The Hall–Kier alpha value is -3.41. The topological polar surface area (TPSA) is 78.5 Å². The zero-order chi connectivity index (χ0) is 21.3. The predicted octanol–water partition coefficient (Wildman–Crippen LogP) is 3.33. The van der Waals surface area contributed by atoms with E-state index < -0.39 is 0 Å². The van der Waals surface area contributed by atoms with Gasteiger partial charge in [0.15, 0.2) is 0 Å². The highest BCUT2D eigenvalue weighted by Crippen LogP contribution is 2.20. The van der Waals surface area contributed by atoms with E-state index in [1.807, 2.05) is 43.3 Å². The number of carbonyl (C=O) groups is 3.